The first-order valence-corrected chi connectivity index (χ1v) is 6.34. The standard InChI is InChI=1S/C12H20N2OS/c1-8-6-16-7-9(8)11(15)14-10(5-13)12(2,3)4/h6-7,10H,5,13H2,1-4H3,(H,14,15). The molecular formula is C12H20N2OS. The molecule has 0 fully saturated rings. The summed E-state index contributed by atoms with van der Waals surface area (Å²) in [6.07, 6.45) is 0. The van der Waals surface area contributed by atoms with Gasteiger partial charge in [-0.05, 0) is 23.3 Å². The van der Waals surface area contributed by atoms with Crippen molar-refractivity contribution in [3.05, 3.63) is 21.9 Å². The van der Waals surface area contributed by atoms with Crippen LogP contribution >= 0.6 is 11.3 Å². The van der Waals surface area contributed by atoms with Gasteiger partial charge in [-0.1, -0.05) is 20.8 Å². The summed E-state index contributed by atoms with van der Waals surface area (Å²) < 4.78 is 0. The average molecular weight is 240 g/mol. The monoisotopic (exact) mass is 240 g/mol. The van der Waals surface area contributed by atoms with E-state index in [2.05, 4.69) is 26.1 Å². The van der Waals surface area contributed by atoms with E-state index in [9.17, 15) is 4.79 Å². The van der Waals surface area contributed by atoms with Crippen LogP contribution in [0.25, 0.3) is 0 Å². The van der Waals surface area contributed by atoms with Gasteiger partial charge in [-0.15, -0.1) is 0 Å². The van der Waals surface area contributed by atoms with Crippen LogP contribution in [0.15, 0.2) is 10.8 Å². The Morgan fingerprint density at radius 2 is 2.12 bits per heavy atom. The van der Waals surface area contributed by atoms with Crippen molar-refractivity contribution < 1.29 is 4.79 Å². The molecule has 0 saturated heterocycles. The summed E-state index contributed by atoms with van der Waals surface area (Å²) in [6, 6.07) is -0.000648. The smallest absolute Gasteiger partial charge is 0.252 e. The number of nitrogens with one attached hydrogen (secondary N) is 1. The van der Waals surface area contributed by atoms with Crippen LogP contribution in [0.5, 0.6) is 0 Å². The van der Waals surface area contributed by atoms with Crippen LogP contribution in [0.4, 0.5) is 0 Å². The lowest BCUT2D eigenvalue weighted by molar-refractivity contribution is 0.0905. The molecule has 0 aliphatic carbocycles. The van der Waals surface area contributed by atoms with E-state index in [0.717, 1.165) is 11.1 Å². The number of carbonyl (C=O) groups is 1. The molecule has 1 aromatic rings. The van der Waals surface area contributed by atoms with Crippen LogP contribution in [0, 0.1) is 12.3 Å². The van der Waals surface area contributed by atoms with Crippen molar-refractivity contribution in [1.82, 2.24) is 5.32 Å². The Balaban J connectivity index is 2.74. The Morgan fingerprint density at radius 1 is 1.50 bits per heavy atom. The van der Waals surface area contributed by atoms with Gasteiger partial charge in [0.05, 0.1) is 5.56 Å². The number of nitrogens with two attached hydrogens (primary N) is 1. The van der Waals surface area contributed by atoms with Crippen molar-refractivity contribution in [1.29, 1.82) is 0 Å². The van der Waals surface area contributed by atoms with Crippen LogP contribution < -0.4 is 11.1 Å². The predicted octanol–water partition coefficient (Wildman–Crippen LogP) is 2.16. The largest absolute Gasteiger partial charge is 0.347 e. The molecule has 0 bridgehead atoms. The topological polar surface area (TPSA) is 55.1 Å². The summed E-state index contributed by atoms with van der Waals surface area (Å²) in [6.45, 7) is 8.63. The minimum absolute atomic E-state index is 0.000648. The molecule has 16 heavy (non-hydrogen) atoms. The number of thiophene rings is 1. The molecule has 0 spiro atoms. The van der Waals surface area contributed by atoms with Crippen LogP contribution in [0.3, 0.4) is 0 Å². The predicted molar refractivity (Wildman–Crippen MR) is 68.8 cm³/mol. The van der Waals surface area contributed by atoms with Gasteiger partial charge in [0.15, 0.2) is 0 Å². The van der Waals surface area contributed by atoms with Gasteiger partial charge in [0, 0.05) is 18.0 Å². The highest BCUT2D eigenvalue weighted by Gasteiger charge is 2.25. The highest BCUT2D eigenvalue weighted by atomic mass is 32.1. The maximum Gasteiger partial charge on any atom is 0.252 e. The van der Waals surface area contributed by atoms with E-state index in [1.165, 1.54) is 0 Å². The Hall–Kier alpha value is -0.870. The van der Waals surface area contributed by atoms with Gasteiger partial charge < -0.3 is 11.1 Å². The van der Waals surface area contributed by atoms with Gasteiger partial charge in [-0.2, -0.15) is 11.3 Å². The lowest BCUT2D eigenvalue weighted by Crippen LogP contribution is -2.48. The second-order valence-corrected chi connectivity index (χ2v) is 5.84. The van der Waals surface area contributed by atoms with Gasteiger partial charge in [-0.25, -0.2) is 0 Å². The first-order chi connectivity index (χ1) is 7.36. The Morgan fingerprint density at radius 3 is 2.50 bits per heavy atom. The number of amides is 1. The fourth-order valence-corrected chi connectivity index (χ4v) is 2.29. The zero-order chi connectivity index (χ0) is 12.3. The highest BCUT2D eigenvalue weighted by molar-refractivity contribution is 7.08. The Bertz CT molecular complexity index is 365. The molecule has 1 rings (SSSR count). The maximum absolute atomic E-state index is 12.0. The molecule has 0 radical (unpaired) electrons. The van der Waals surface area contributed by atoms with E-state index >= 15 is 0 Å². The molecule has 1 amide bonds. The second-order valence-electron chi connectivity index (χ2n) is 5.10. The third-order valence-electron chi connectivity index (χ3n) is 2.69. The molecule has 90 valence electrons. The summed E-state index contributed by atoms with van der Waals surface area (Å²) in [7, 11) is 0. The average Bonchev–Trinajstić information content (AvgIpc) is 2.58. The van der Waals surface area contributed by atoms with Gasteiger partial charge in [0.25, 0.3) is 5.91 Å². The maximum atomic E-state index is 12.0. The number of rotatable bonds is 3. The highest BCUT2D eigenvalue weighted by Crippen LogP contribution is 2.20. The molecule has 0 aromatic carbocycles. The van der Waals surface area contributed by atoms with Gasteiger partial charge in [0.2, 0.25) is 0 Å². The summed E-state index contributed by atoms with van der Waals surface area (Å²) in [5.74, 6) is -0.0240. The number of hydrogen-bond donors (Lipinski definition) is 2. The first kappa shape index (κ1) is 13.2. The molecule has 1 heterocycles. The molecule has 4 heteroatoms. The molecule has 3 N–H and O–H groups in total. The molecule has 0 saturated carbocycles. The quantitative estimate of drug-likeness (QED) is 0.850. The number of aryl methyl sites for hydroxylation is 1. The van der Waals surface area contributed by atoms with E-state index in [1.54, 1.807) is 11.3 Å². The normalized spacial score (nSPS) is 13.6. The summed E-state index contributed by atoms with van der Waals surface area (Å²) in [5, 5.41) is 6.84. The lowest BCUT2D eigenvalue weighted by atomic mass is 9.86. The van der Waals surface area contributed by atoms with Crippen molar-refractivity contribution in [2.45, 2.75) is 33.7 Å². The molecular weight excluding hydrogens is 220 g/mol. The lowest BCUT2D eigenvalue weighted by Gasteiger charge is -2.30. The van der Waals surface area contributed by atoms with Crippen molar-refractivity contribution in [3.63, 3.8) is 0 Å². The molecule has 0 aliphatic heterocycles. The number of carbonyl (C=O) groups excluding carboxylic acids is 1. The van der Waals surface area contributed by atoms with Crippen LogP contribution in [-0.4, -0.2) is 18.5 Å². The minimum Gasteiger partial charge on any atom is -0.347 e. The third kappa shape index (κ3) is 3.06. The second kappa shape index (κ2) is 4.97. The van der Waals surface area contributed by atoms with Crippen molar-refractivity contribution in [2.75, 3.05) is 6.54 Å². The fraction of sp³-hybridized carbons (Fsp3) is 0.583. The summed E-state index contributed by atoms with van der Waals surface area (Å²) in [5.41, 5.74) is 7.44. The summed E-state index contributed by atoms with van der Waals surface area (Å²) >= 11 is 1.54. The van der Waals surface area contributed by atoms with Crippen molar-refractivity contribution in [3.8, 4) is 0 Å². The Labute approximate surface area is 101 Å². The first-order valence-electron chi connectivity index (χ1n) is 5.40. The van der Waals surface area contributed by atoms with E-state index in [1.807, 2.05) is 17.7 Å². The van der Waals surface area contributed by atoms with Crippen LogP contribution in [-0.2, 0) is 0 Å². The van der Waals surface area contributed by atoms with E-state index in [4.69, 9.17) is 5.73 Å². The third-order valence-corrected chi connectivity index (χ3v) is 3.55. The van der Waals surface area contributed by atoms with Gasteiger partial charge >= 0.3 is 0 Å². The summed E-state index contributed by atoms with van der Waals surface area (Å²) in [4.78, 5) is 12.0. The molecule has 1 aromatic heterocycles. The molecule has 0 aliphatic rings. The molecule has 1 atom stereocenters. The molecule has 1 unspecified atom stereocenters. The van der Waals surface area contributed by atoms with Crippen LogP contribution in [0.2, 0.25) is 0 Å². The van der Waals surface area contributed by atoms with E-state index < -0.39 is 0 Å². The van der Waals surface area contributed by atoms with Crippen LogP contribution in [0.1, 0.15) is 36.7 Å². The zero-order valence-corrected chi connectivity index (χ0v) is 11.1. The Kier molecular flexibility index (Phi) is 4.10. The van der Waals surface area contributed by atoms with Crippen molar-refractivity contribution >= 4 is 17.2 Å². The van der Waals surface area contributed by atoms with Gasteiger partial charge in [-0.3, -0.25) is 4.79 Å². The van der Waals surface area contributed by atoms with Crippen molar-refractivity contribution in [2.24, 2.45) is 11.1 Å². The zero-order valence-electron chi connectivity index (χ0n) is 10.3. The minimum atomic E-state index is -0.0240. The van der Waals surface area contributed by atoms with E-state index in [0.29, 0.717) is 6.54 Å². The van der Waals surface area contributed by atoms with Gasteiger partial charge in [0.1, 0.15) is 0 Å². The number of hydrogen-bond acceptors (Lipinski definition) is 3. The van der Waals surface area contributed by atoms with E-state index in [-0.39, 0.29) is 17.4 Å². The molecule has 3 nitrogen and oxygen atoms in total. The fourth-order valence-electron chi connectivity index (χ4n) is 1.46. The SMILES string of the molecule is Cc1cscc1C(=O)NC(CN)C(C)(C)C.